The highest BCUT2D eigenvalue weighted by Crippen LogP contribution is 2.31. The number of piperidine rings is 1. The van der Waals surface area contributed by atoms with Crippen molar-refractivity contribution in [1.82, 2.24) is 4.90 Å². The lowest BCUT2D eigenvalue weighted by molar-refractivity contribution is -0.131. The van der Waals surface area contributed by atoms with Gasteiger partial charge in [-0.15, -0.1) is 0 Å². The van der Waals surface area contributed by atoms with E-state index in [4.69, 9.17) is 14.2 Å². The highest BCUT2D eigenvalue weighted by molar-refractivity contribution is 5.79. The molecule has 2 aromatic carbocycles. The van der Waals surface area contributed by atoms with Gasteiger partial charge in [0.1, 0.15) is 19.0 Å². The number of methoxy groups -OCH3 is 1. The maximum absolute atomic E-state index is 12.7. The van der Waals surface area contributed by atoms with Crippen LogP contribution in [-0.4, -0.2) is 44.2 Å². The van der Waals surface area contributed by atoms with Crippen LogP contribution in [0.5, 0.6) is 17.2 Å². The molecule has 0 aliphatic carbocycles. The Labute approximate surface area is 166 Å². The molecular weight excluding hydrogens is 354 g/mol. The van der Waals surface area contributed by atoms with Gasteiger partial charge in [0.15, 0.2) is 11.5 Å². The first-order valence-corrected chi connectivity index (χ1v) is 10.0. The Kier molecular flexibility index (Phi) is 5.70. The molecule has 148 valence electrons. The third kappa shape index (κ3) is 4.41. The van der Waals surface area contributed by atoms with Crippen LogP contribution in [0, 0.1) is 5.92 Å². The van der Waals surface area contributed by atoms with Crippen LogP contribution >= 0.6 is 0 Å². The standard InChI is InChI=1S/C23H27NO4/c1-26-20-5-2-17(3-6-20)14-18-8-10-24(11-9-18)23(25)16-19-4-7-21-22(15-19)28-13-12-27-21/h2-7,15,18H,8-14,16H2,1H3. The Morgan fingerprint density at radius 1 is 1.00 bits per heavy atom. The maximum atomic E-state index is 12.7. The fourth-order valence-corrected chi connectivity index (χ4v) is 3.97. The highest BCUT2D eigenvalue weighted by Gasteiger charge is 2.23. The second kappa shape index (κ2) is 8.55. The van der Waals surface area contributed by atoms with E-state index < -0.39 is 0 Å². The van der Waals surface area contributed by atoms with Crippen LogP contribution in [0.4, 0.5) is 0 Å². The number of likely N-dealkylation sites (tertiary alicyclic amines) is 1. The molecule has 0 bridgehead atoms. The number of carbonyl (C=O) groups excluding carboxylic acids is 1. The second-order valence-corrected chi connectivity index (χ2v) is 7.53. The first kappa shape index (κ1) is 18.7. The van der Waals surface area contributed by atoms with Gasteiger partial charge in [-0.05, 0) is 60.6 Å². The zero-order valence-corrected chi connectivity index (χ0v) is 16.4. The SMILES string of the molecule is COc1ccc(CC2CCN(C(=O)Cc3ccc4c(c3)OCCO4)CC2)cc1. The van der Waals surface area contributed by atoms with Gasteiger partial charge >= 0.3 is 0 Å². The third-order valence-electron chi connectivity index (χ3n) is 5.61. The second-order valence-electron chi connectivity index (χ2n) is 7.53. The molecule has 2 aromatic rings. The van der Waals surface area contributed by atoms with Crippen LogP contribution in [0.1, 0.15) is 24.0 Å². The minimum atomic E-state index is 0.194. The number of hydrogen-bond acceptors (Lipinski definition) is 4. The third-order valence-corrected chi connectivity index (χ3v) is 5.61. The molecule has 0 N–H and O–H groups in total. The van der Waals surface area contributed by atoms with Crippen LogP contribution in [-0.2, 0) is 17.6 Å². The van der Waals surface area contributed by atoms with Crippen molar-refractivity contribution in [2.45, 2.75) is 25.7 Å². The summed E-state index contributed by atoms with van der Waals surface area (Å²) in [6, 6.07) is 14.1. The van der Waals surface area contributed by atoms with Crippen LogP contribution < -0.4 is 14.2 Å². The molecule has 1 fully saturated rings. The van der Waals surface area contributed by atoms with Crippen molar-refractivity contribution in [2.75, 3.05) is 33.4 Å². The van der Waals surface area contributed by atoms with Crippen LogP contribution in [0.25, 0.3) is 0 Å². The van der Waals surface area contributed by atoms with Crippen molar-refractivity contribution in [3.05, 3.63) is 53.6 Å². The Morgan fingerprint density at radius 3 is 2.39 bits per heavy atom. The average molecular weight is 381 g/mol. The lowest BCUT2D eigenvalue weighted by Gasteiger charge is -2.32. The molecule has 2 aliphatic heterocycles. The van der Waals surface area contributed by atoms with E-state index in [1.165, 1.54) is 5.56 Å². The number of hydrogen-bond donors (Lipinski definition) is 0. The number of benzene rings is 2. The summed E-state index contributed by atoms with van der Waals surface area (Å²) in [6.45, 7) is 2.82. The van der Waals surface area contributed by atoms with E-state index in [1.807, 2.05) is 35.2 Å². The molecule has 4 rings (SSSR count). The summed E-state index contributed by atoms with van der Waals surface area (Å²) in [5.74, 6) is 3.23. The van der Waals surface area contributed by atoms with Gasteiger partial charge in [-0.1, -0.05) is 18.2 Å². The van der Waals surface area contributed by atoms with Gasteiger partial charge in [0.05, 0.1) is 13.5 Å². The number of fused-ring (bicyclic) bond motifs is 1. The van der Waals surface area contributed by atoms with Gasteiger partial charge in [-0.25, -0.2) is 0 Å². The van der Waals surface area contributed by atoms with Crippen LogP contribution in [0.3, 0.4) is 0 Å². The summed E-state index contributed by atoms with van der Waals surface area (Å²) in [4.78, 5) is 14.7. The summed E-state index contributed by atoms with van der Waals surface area (Å²) < 4.78 is 16.4. The zero-order chi connectivity index (χ0) is 19.3. The van der Waals surface area contributed by atoms with Gasteiger partial charge in [-0.3, -0.25) is 4.79 Å². The van der Waals surface area contributed by atoms with Gasteiger partial charge in [-0.2, -0.15) is 0 Å². The van der Waals surface area contributed by atoms with Crippen molar-refractivity contribution in [3.63, 3.8) is 0 Å². The number of rotatable bonds is 5. The highest BCUT2D eigenvalue weighted by atomic mass is 16.6. The fourth-order valence-electron chi connectivity index (χ4n) is 3.97. The van der Waals surface area contributed by atoms with Crippen LogP contribution in [0.15, 0.2) is 42.5 Å². The summed E-state index contributed by atoms with van der Waals surface area (Å²) >= 11 is 0. The predicted octanol–water partition coefficient (Wildman–Crippen LogP) is 3.49. The van der Waals surface area contributed by atoms with Crippen LogP contribution in [0.2, 0.25) is 0 Å². The lowest BCUT2D eigenvalue weighted by atomic mass is 9.90. The minimum absolute atomic E-state index is 0.194. The van der Waals surface area contributed by atoms with Gasteiger partial charge in [0, 0.05) is 13.1 Å². The van der Waals surface area contributed by atoms with E-state index in [2.05, 4.69) is 12.1 Å². The van der Waals surface area contributed by atoms with Gasteiger partial charge < -0.3 is 19.1 Å². The average Bonchev–Trinajstić information content (AvgIpc) is 2.75. The van der Waals surface area contributed by atoms with E-state index in [0.717, 1.165) is 55.2 Å². The van der Waals surface area contributed by atoms with Crippen molar-refractivity contribution in [2.24, 2.45) is 5.92 Å². The van der Waals surface area contributed by atoms with Crippen molar-refractivity contribution in [1.29, 1.82) is 0 Å². The van der Waals surface area contributed by atoms with E-state index in [9.17, 15) is 4.79 Å². The Balaban J connectivity index is 1.27. The number of carbonyl (C=O) groups is 1. The zero-order valence-electron chi connectivity index (χ0n) is 16.4. The van der Waals surface area contributed by atoms with Gasteiger partial charge in [0.25, 0.3) is 0 Å². The quantitative estimate of drug-likeness (QED) is 0.796. The molecule has 0 saturated carbocycles. The van der Waals surface area contributed by atoms with Crippen molar-refractivity contribution >= 4 is 5.91 Å². The monoisotopic (exact) mass is 381 g/mol. The summed E-state index contributed by atoms with van der Waals surface area (Å²) in [5, 5.41) is 0. The first-order chi connectivity index (χ1) is 13.7. The molecule has 0 spiro atoms. The van der Waals surface area contributed by atoms with E-state index in [0.29, 0.717) is 25.6 Å². The van der Waals surface area contributed by atoms with Crippen molar-refractivity contribution in [3.8, 4) is 17.2 Å². The first-order valence-electron chi connectivity index (χ1n) is 10.0. The van der Waals surface area contributed by atoms with E-state index in [1.54, 1.807) is 7.11 Å². The van der Waals surface area contributed by atoms with E-state index >= 15 is 0 Å². The van der Waals surface area contributed by atoms with Crippen molar-refractivity contribution < 1.29 is 19.0 Å². The molecule has 1 saturated heterocycles. The fraction of sp³-hybridized carbons (Fsp3) is 0.435. The summed E-state index contributed by atoms with van der Waals surface area (Å²) in [6.07, 6.45) is 3.59. The maximum Gasteiger partial charge on any atom is 0.226 e. The number of nitrogens with zero attached hydrogens (tertiary/aromatic N) is 1. The predicted molar refractivity (Wildman–Crippen MR) is 107 cm³/mol. The molecule has 2 aliphatic rings. The molecule has 0 aromatic heterocycles. The molecule has 0 atom stereocenters. The molecule has 0 unspecified atom stereocenters. The molecule has 1 amide bonds. The molecule has 5 nitrogen and oxygen atoms in total. The number of amides is 1. The molecule has 28 heavy (non-hydrogen) atoms. The largest absolute Gasteiger partial charge is 0.497 e. The molecule has 5 heteroatoms. The Hall–Kier alpha value is -2.69. The smallest absolute Gasteiger partial charge is 0.226 e. The normalized spacial score (nSPS) is 16.7. The molecule has 2 heterocycles. The lowest BCUT2D eigenvalue weighted by Crippen LogP contribution is -2.39. The molecular formula is C23H27NO4. The minimum Gasteiger partial charge on any atom is -0.497 e. The topological polar surface area (TPSA) is 48.0 Å². The van der Waals surface area contributed by atoms with E-state index in [-0.39, 0.29) is 5.91 Å². The summed E-state index contributed by atoms with van der Waals surface area (Å²) in [7, 11) is 1.69. The molecule has 0 radical (unpaired) electrons. The Bertz CT molecular complexity index is 810. The Morgan fingerprint density at radius 2 is 1.68 bits per heavy atom. The number of ether oxygens (including phenoxy) is 3. The summed E-state index contributed by atoms with van der Waals surface area (Å²) in [5.41, 5.74) is 2.32. The van der Waals surface area contributed by atoms with Gasteiger partial charge in [0.2, 0.25) is 5.91 Å².